The molecule has 0 aromatic heterocycles. The van der Waals surface area contributed by atoms with Crippen molar-refractivity contribution >= 4 is 23.2 Å². The van der Waals surface area contributed by atoms with Gasteiger partial charge in [0.15, 0.2) is 0 Å². The van der Waals surface area contributed by atoms with Crippen molar-refractivity contribution in [3.05, 3.63) is 106 Å². The number of aliphatic hydroxyl groups is 1. The number of aliphatic hydroxyl groups excluding tert-OH is 1. The van der Waals surface area contributed by atoms with E-state index in [4.69, 9.17) is 23.2 Å². The molecular weight excluding hydrogens is 351 g/mol. The van der Waals surface area contributed by atoms with Gasteiger partial charge in [-0.05, 0) is 41.0 Å². The predicted molar refractivity (Wildman–Crippen MR) is 106 cm³/mol. The molecule has 3 rings (SSSR count). The van der Waals surface area contributed by atoms with Gasteiger partial charge in [0.25, 0.3) is 0 Å². The highest BCUT2D eigenvalue weighted by Crippen LogP contribution is 2.43. The van der Waals surface area contributed by atoms with Crippen LogP contribution in [0.5, 0.6) is 0 Å². The van der Waals surface area contributed by atoms with Crippen LogP contribution in [0.4, 0.5) is 0 Å². The molecule has 25 heavy (non-hydrogen) atoms. The van der Waals surface area contributed by atoms with E-state index in [1.807, 2.05) is 66.7 Å². The Bertz CT molecular complexity index is 767. The first-order chi connectivity index (χ1) is 12.0. The SMILES string of the molecule is C[C@@](CO)(c1ccccc1)C(c1ccc(Cl)cc1)c1ccc(Cl)cc1. The van der Waals surface area contributed by atoms with Crippen LogP contribution in [0.3, 0.4) is 0 Å². The van der Waals surface area contributed by atoms with Crippen molar-refractivity contribution in [2.45, 2.75) is 18.3 Å². The van der Waals surface area contributed by atoms with E-state index in [0.29, 0.717) is 10.0 Å². The molecule has 128 valence electrons. The molecule has 0 radical (unpaired) electrons. The first-order valence-electron chi connectivity index (χ1n) is 8.22. The zero-order valence-electron chi connectivity index (χ0n) is 14.0. The topological polar surface area (TPSA) is 20.2 Å². The molecule has 0 amide bonds. The molecule has 0 heterocycles. The molecular formula is C22H20Cl2O. The van der Waals surface area contributed by atoms with Crippen LogP contribution >= 0.6 is 23.2 Å². The Morgan fingerprint density at radius 3 is 1.60 bits per heavy atom. The van der Waals surface area contributed by atoms with Crippen LogP contribution in [0.25, 0.3) is 0 Å². The van der Waals surface area contributed by atoms with Crippen LogP contribution in [0.1, 0.15) is 29.5 Å². The lowest BCUT2D eigenvalue weighted by atomic mass is 9.66. The third-order valence-electron chi connectivity index (χ3n) is 4.81. The third-order valence-corrected chi connectivity index (χ3v) is 5.31. The number of halogens is 2. The van der Waals surface area contributed by atoms with Crippen LogP contribution in [-0.2, 0) is 5.41 Å². The van der Waals surface area contributed by atoms with Crippen LogP contribution in [0.15, 0.2) is 78.9 Å². The molecule has 3 heteroatoms. The van der Waals surface area contributed by atoms with E-state index in [1.165, 1.54) is 0 Å². The third kappa shape index (κ3) is 3.74. The molecule has 0 saturated heterocycles. The quantitative estimate of drug-likeness (QED) is 0.577. The number of hydrogen-bond acceptors (Lipinski definition) is 1. The highest BCUT2D eigenvalue weighted by Gasteiger charge is 2.37. The van der Waals surface area contributed by atoms with Gasteiger partial charge in [0.1, 0.15) is 0 Å². The summed E-state index contributed by atoms with van der Waals surface area (Å²) in [5.41, 5.74) is 2.81. The molecule has 0 unspecified atom stereocenters. The molecule has 0 saturated carbocycles. The van der Waals surface area contributed by atoms with Gasteiger partial charge in [-0.3, -0.25) is 0 Å². The standard InChI is InChI=1S/C22H20Cl2O/c1-22(15-25,18-5-3-2-4-6-18)21(16-7-11-19(23)12-8-16)17-9-13-20(24)14-10-17/h2-14,21,25H,15H2,1H3/t22-/m1/s1. The van der Waals surface area contributed by atoms with E-state index in [0.717, 1.165) is 16.7 Å². The second-order valence-electron chi connectivity index (χ2n) is 6.48. The Morgan fingerprint density at radius 1 is 0.760 bits per heavy atom. The average Bonchev–Trinajstić information content (AvgIpc) is 2.65. The van der Waals surface area contributed by atoms with Gasteiger partial charge in [-0.15, -0.1) is 0 Å². The number of hydrogen-bond donors (Lipinski definition) is 1. The summed E-state index contributed by atoms with van der Waals surface area (Å²) in [5, 5.41) is 11.8. The van der Waals surface area contributed by atoms with Crippen molar-refractivity contribution in [1.29, 1.82) is 0 Å². The Hall–Kier alpha value is -1.80. The van der Waals surface area contributed by atoms with E-state index in [1.54, 1.807) is 0 Å². The molecule has 1 N–H and O–H groups in total. The lowest BCUT2D eigenvalue weighted by Gasteiger charge is -2.38. The van der Waals surface area contributed by atoms with Crippen molar-refractivity contribution in [1.82, 2.24) is 0 Å². The summed E-state index contributed by atoms with van der Waals surface area (Å²) in [6.45, 7) is 2.11. The van der Waals surface area contributed by atoms with Crippen molar-refractivity contribution in [2.24, 2.45) is 0 Å². The van der Waals surface area contributed by atoms with Gasteiger partial charge in [-0.25, -0.2) is 0 Å². The van der Waals surface area contributed by atoms with Crippen molar-refractivity contribution in [3.8, 4) is 0 Å². The fourth-order valence-corrected chi connectivity index (χ4v) is 3.66. The Kier molecular flexibility index (Phi) is 5.48. The minimum absolute atomic E-state index is 0.0208. The first kappa shape index (κ1) is 18.0. The lowest BCUT2D eigenvalue weighted by Crippen LogP contribution is -2.35. The molecule has 3 aromatic rings. The van der Waals surface area contributed by atoms with Gasteiger partial charge in [0, 0.05) is 21.4 Å². The fraction of sp³-hybridized carbons (Fsp3) is 0.182. The van der Waals surface area contributed by atoms with E-state index < -0.39 is 5.41 Å². The van der Waals surface area contributed by atoms with Gasteiger partial charge < -0.3 is 5.11 Å². The van der Waals surface area contributed by atoms with Crippen LogP contribution < -0.4 is 0 Å². The predicted octanol–water partition coefficient (Wildman–Crippen LogP) is 6.08. The second kappa shape index (κ2) is 7.61. The zero-order chi connectivity index (χ0) is 17.9. The summed E-state index contributed by atoms with van der Waals surface area (Å²) < 4.78 is 0. The van der Waals surface area contributed by atoms with Gasteiger partial charge in [-0.2, -0.15) is 0 Å². The maximum atomic E-state index is 10.4. The largest absolute Gasteiger partial charge is 0.395 e. The second-order valence-corrected chi connectivity index (χ2v) is 7.35. The lowest BCUT2D eigenvalue weighted by molar-refractivity contribution is 0.190. The maximum Gasteiger partial charge on any atom is 0.0534 e. The summed E-state index contributed by atoms with van der Waals surface area (Å²) in [4.78, 5) is 0. The van der Waals surface area contributed by atoms with Crippen molar-refractivity contribution in [2.75, 3.05) is 6.61 Å². The average molecular weight is 371 g/mol. The molecule has 0 aliphatic rings. The van der Waals surface area contributed by atoms with Crippen LogP contribution in [0.2, 0.25) is 10.0 Å². The van der Waals surface area contributed by atoms with Crippen LogP contribution in [0, 0.1) is 0 Å². The molecule has 0 spiro atoms. The van der Waals surface area contributed by atoms with Gasteiger partial charge in [-0.1, -0.05) is 84.7 Å². The first-order valence-corrected chi connectivity index (χ1v) is 8.97. The summed E-state index contributed by atoms with van der Waals surface area (Å²) in [6.07, 6.45) is 0. The Labute approximate surface area is 158 Å². The summed E-state index contributed by atoms with van der Waals surface area (Å²) in [6, 6.07) is 25.8. The molecule has 1 nitrogen and oxygen atoms in total. The van der Waals surface area contributed by atoms with E-state index in [-0.39, 0.29) is 12.5 Å². The zero-order valence-corrected chi connectivity index (χ0v) is 15.5. The van der Waals surface area contributed by atoms with Crippen molar-refractivity contribution < 1.29 is 5.11 Å². The highest BCUT2D eigenvalue weighted by atomic mass is 35.5. The number of benzene rings is 3. The van der Waals surface area contributed by atoms with Gasteiger partial charge in [0.2, 0.25) is 0 Å². The Morgan fingerprint density at radius 2 is 1.20 bits per heavy atom. The molecule has 3 aromatic carbocycles. The van der Waals surface area contributed by atoms with Crippen molar-refractivity contribution in [3.63, 3.8) is 0 Å². The minimum atomic E-state index is -0.483. The molecule has 0 bridgehead atoms. The fourth-order valence-electron chi connectivity index (χ4n) is 3.41. The van der Waals surface area contributed by atoms with E-state index in [9.17, 15) is 5.11 Å². The molecule has 0 aliphatic carbocycles. The Balaban J connectivity index is 2.18. The summed E-state index contributed by atoms with van der Waals surface area (Å²) in [5.74, 6) is -0.0329. The summed E-state index contributed by atoms with van der Waals surface area (Å²) in [7, 11) is 0. The maximum absolute atomic E-state index is 10.4. The highest BCUT2D eigenvalue weighted by molar-refractivity contribution is 6.30. The van der Waals surface area contributed by atoms with Gasteiger partial charge >= 0.3 is 0 Å². The minimum Gasteiger partial charge on any atom is -0.395 e. The molecule has 0 fully saturated rings. The normalized spacial score (nSPS) is 13.6. The number of rotatable bonds is 5. The summed E-state index contributed by atoms with van der Waals surface area (Å²) >= 11 is 12.2. The van der Waals surface area contributed by atoms with Gasteiger partial charge in [0.05, 0.1) is 6.61 Å². The monoisotopic (exact) mass is 370 g/mol. The van der Waals surface area contributed by atoms with Crippen LogP contribution in [-0.4, -0.2) is 11.7 Å². The molecule has 0 aliphatic heterocycles. The smallest absolute Gasteiger partial charge is 0.0534 e. The van der Waals surface area contributed by atoms with E-state index in [2.05, 4.69) is 19.1 Å². The molecule has 1 atom stereocenters. The van der Waals surface area contributed by atoms with E-state index >= 15 is 0 Å².